The summed E-state index contributed by atoms with van der Waals surface area (Å²) in [5.74, 6) is 0. The number of allylic oxidation sites excluding steroid dienone is 1. The third-order valence-corrected chi connectivity index (χ3v) is 3.13. The maximum Gasteiger partial charge on any atom is 0.118 e. The van der Waals surface area contributed by atoms with Gasteiger partial charge in [0.05, 0.1) is 11.6 Å². The molecule has 5 nitrogen and oxygen atoms in total. The van der Waals surface area contributed by atoms with Crippen molar-refractivity contribution in [2.45, 2.75) is 12.2 Å². The Balaban J connectivity index is 3.37. The number of aliphatic hydroxyl groups excluding tert-OH is 2. The summed E-state index contributed by atoms with van der Waals surface area (Å²) in [5, 5.41) is 29.4. The number of aliphatic hydroxyl groups is 2. The van der Waals surface area contributed by atoms with E-state index >= 15 is 0 Å². The Morgan fingerprint density at radius 1 is 1.52 bits per heavy atom. The summed E-state index contributed by atoms with van der Waals surface area (Å²) in [6, 6.07) is 6.45. The fourth-order valence-electron chi connectivity index (χ4n) is 1.80. The van der Waals surface area contributed by atoms with Crippen molar-refractivity contribution in [3.63, 3.8) is 0 Å². The second-order valence-electron chi connectivity index (χ2n) is 4.27. The average molecular weight is 306 g/mol. The first kappa shape index (κ1) is 16.9. The van der Waals surface area contributed by atoms with E-state index < -0.39 is 12.2 Å². The molecular weight excluding hydrogens is 290 g/mol. The SMILES string of the molecule is C=C(C#N)C(O)C(O)c1ccc(Cl)cc1/C(C=NC)=C/N. The predicted octanol–water partition coefficient (Wildman–Crippen LogP) is 1.81. The first-order valence-electron chi connectivity index (χ1n) is 6.05. The van der Waals surface area contributed by atoms with Crippen molar-refractivity contribution in [2.75, 3.05) is 7.05 Å². The molecule has 1 aromatic carbocycles. The molecule has 21 heavy (non-hydrogen) atoms. The van der Waals surface area contributed by atoms with Gasteiger partial charge in [-0.2, -0.15) is 5.26 Å². The van der Waals surface area contributed by atoms with E-state index in [1.54, 1.807) is 31.3 Å². The Morgan fingerprint density at radius 2 is 2.19 bits per heavy atom. The molecule has 0 fully saturated rings. The third-order valence-electron chi connectivity index (χ3n) is 2.89. The number of aliphatic imine (C=N–C) groups is 1. The van der Waals surface area contributed by atoms with E-state index in [1.165, 1.54) is 12.4 Å². The summed E-state index contributed by atoms with van der Waals surface area (Å²) in [5.41, 5.74) is 6.86. The van der Waals surface area contributed by atoms with E-state index in [4.69, 9.17) is 22.6 Å². The monoisotopic (exact) mass is 305 g/mol. The standard InChI is InChI=1S/C15H16ClN3O2/c1-9(6-17)14(20)15(21)12-4-3-11(16)5-13(12)10(7-18)8-19-2/h3-5,7-8,14-15,20-21H,1,18H2,2H3/b10-7+,19-8?. The van der Waals surface area contributed by atoms with Gasteiger partial charge in [0.25, 0.3) is 0 Å². The molecule has 0 amide bonds. The summed E-state index contributed by atoms with van der Waals surface area (Å²) >= 11 is 5.97. The van der Waals surface area contributed by atoms with Crippen LogP contribution in [-0.4, -0.2) is 29.6 Å². The molecule has 0 saturated carbocycles. The zero-order valence-electron chi connectivity index (χ0n) is 11.5. The molecule has 110 valence electrons. The number of nitrogens with two attached hydrogens (primary N) is 1. The number of benzene rings is 1. The molecular formula is C15H16ClN3O2. The quantitative estimate of drug-likeness (QED) is 0.570. The van der Waals surface area contributed by atoms with Gasteiger partial charge in [-0.15, -0.1) is 0 Å². The number of nitrogens with zero attached hydrogens (tertiary/aromatic N) is 2. The van der Waals surface area contributed by atoms with Gasteiger partial charge in [0, 0.05) is 30.1 Å². The zero-order chi connectivity index (χ0) is 16.0. The van der Waals surface area contributed by atoms with Crippen LogP contribution < -0.4 is 5.73 Å². The Hall–Kier alpha value is -2.13. The van der Waals surface area contributed by atoms with Gasteiger partial charge in [0.15, 0.2) is 0 Å². The van der Waals surface area contributed by atoms with Crippen LogP contribution in [0.25, 0.3) is 5.57 Å². The number of halogens is 1. The van der Waals surface area contributed by atoms with E-state index in [0.29, 0.717) is 21.7 Å². The molecule has 0 aromatic heterocycles. The van der Waals surface area contributed by atoms with Crippen LogP contribution in [0.2, 0.25) is 5.02 Å². The maximum absolute atomic E-state index is 10.3. The van der Waals surface area contributed by atoms with Crippen LogP contribution in [0.3, 0.4) is 0 Å². The maximum atomic E-state index is 10.3. The van der Waals surface area contributed by atoms with Crippen molar-refractivity contribution in [3.8, 4) is 6.07 Å². The van der Waals surface area contributed by atoms with Crippen LogP contribution >= 0.6 is 11.6 Å². The molecule has 4 N–H and O–H groups in total. The van der Waals surface area contributed by atoms with Crippen LogP contribution in [0.5, 0.6) is 0 Å². The lowest BCUT2D eigenvalue weighted by Crippen LogP contribution is -2.21. The number of hydrogen-bond donors (Lipinski definition) is 3. The molecule has 0 aliphatic heterocycles. The molecule has 0 aliphatic carbocycles. The van der Waals surface area contributed by atoms with Crippen LogP contribution in [0.15, 0.2) is 41.5 Å². The molecule has 0 aliphatic rings. The molecule has 0 bridgehead atoms. The molecule has 0 saturated heterocycles. The van der Waals surface area contributed by atoms with Crippen molar-refractivity contribution in [1.82, 2.24) is 0 Å². The Bertz CT molecular complexity index is 632. The second kappa shape index (κ2) is 7.60. The van der Waals surface area contributed by atoms with Crippen molar-refractivity contribution in [1.29, 1.82) is 5.26 Å². The van der Waals surface area contributed by atoms with E-state index in [2.05, 4.69) is 11.6 Å². The summed E-state index contributed by atoms with van der Waals surface area (Å²) in [7, 11) is 1.58. The average Bonchev–Trinajstić information content (AvgIpc) is 2.50. The molecule has 2 atom stereocenters. The predicted molar refractivity (Wildman–Crippen MR) is 83.8 cm³/mol. The highest BCUT2D eigenvalue weighted by Crippen LogP contribution is 2.30. The normalized spacial score (nSPS) is 14.7. The summed E-state index contributed by atoms with van der Waals surface area (Å²) in [6.07, 6.45) is 0.0884. The Labute approximate surface area is 128 Å². The van der Waals surface area contributed by atoms with Gasteiger partial charge in [-0.25, -0.2) is 0 Å². The largest absolute Gasteiger partial charge is 0.404 e. The van der Waals surface area contributed by atoms with E-state index in [9.17, 15) is 10.2 Å². The van der Waals surface area contributed by atoms with E-state index in [-0.39, 0.29) is 5.57 Å². The Kier molecular flexibility index (Phi) is 6.12. The molecule has 0 spiro atoms. The van der Waals surface area contributed by atoms with Gasteiger partial charge in [0.1, 0.15) is 12.2 Å². The number of nitriles is 1. The van der Waals surface area contributed by atoms with Crippen molar-refractivity contribution in [3.05, 3.63) is 52.7 Å². The second-order valence-corrected chi connectivity index (χ2v) is 4.70. The minimum Gasteiger partial charge on any atom is -0.404 e. The number of hydrogen-bond acceptors (Lipinski definition) is 5. The molecule has 2 unspecified atom stereocenters. The molecule has 1 aromatic rings. The highest BCUT2D eigenvalue weighted by atomic mass is 35.5. The molecule has 6 heteroatoms. The summed E-state index contributed by atoms with van der Waals surface area (Å²) in [4.78, 5) is 3.88. The smallest absolute Gasteiger partial charge is 0.118 e. The molecule has 0 heterocycles. The van der Waals surface area contributed by atoms with Crippen LogP contribution in [0.4, 0.5) is 0 Å². The summed E-state index contributed by atoms with van der Waals surface area (Å²) in [6.45, 7) is 3.41. The minimum absolute atomic E-state index is 0.133. The van der Waals surface area contributed by atoms with Crippen molar-refractivity contribution >= 4 is 23.4 Å². The Morgan fingerprint density at radius 3 is 2.71 bits per heavy atom. The van der Waals surface area contributed by atoms with Gasteiger partial charge in [-0.1, -0.05) is 24.2 Å². The molecule has 1 rings (SSSR count). The van der Waals surface area contributed by atoms with Gasteiger partial charge in [0.2, 0.25) is 0 Å². The lowest BCUT2D eigenvalue weighted by atomic mass is 9.92. The lowest BCUT2D eigenvalue weighted by molar-refractivity contribution is 0.0439. The van der Waals surface area contributed by atoms with Gasteiger partial charge >= 0.3 is 0 Å². The lowest BCUT2D eigenvalue weighted by Gasteiger charge is -2.20. The van der Waals surface area contributed by atoms with Gasteiger partial charge in [-0.3, -0.25) is 4.99 Å². The van der Waals surface area contributed by atoms with Crippen LogP contribution in [-0.2, 0) is 0 Å². The highest BCUT2D eigenvalue weighted by Gasteiger charge is 2.24. The minimum atomic E-state index is -1.41. The fraction of sp³-hybridized carbons (Fsp3) is 0.200. The van der Waals surface area contributed by atoms with Gasteiger partial charge < -0.3 is 15.9 Å². The van der Waals surface area contributed by atoms with Crippen LogP contribution in [0.1, 0.15) is 17.2 Å². The highest BCUT2D eigenvalue weighted by molar-refractivity contribution is 6.31. The molecule has 0 radical (unpaired) electrons. The first-order chi connectivity index (χ1) is 9.96. The zero-order valence-corrected chi connectivity index (χ0v) is 12.2. The van der Waals surface area contributed by atoms with Crippen molar-refractivity contribution in [2.24, 2.45) is 10.7 Å². The van der Waals surface area contributed by atoms with E-state index in [0.717, 1.165) is 0 Å². The third kappa shape index (κ3) is 3.92. The van der Waals surface area contributed by atoms with E-state index in [1.807, 2.05) is 0 Å². The van der Waals surface area contributed by atoms with Gasteiger partial charge in [-0.05, 0) is 23.3 Å². The van der Waals surface area contributed by atoms with Crippen LogP contribution in [0, 0.1) is 11.3 Å². The summed E-state index contributed by atoms with van der Waals surface area (Å²) < 4.78 is 0. The fourth-order valence-corrected chi connectivity index (χ4v) is 1.98. The number of rotatable bonds is 5. The van der Waals surface area contributed by atoms with Crippen molar-refractivity contribution < 1.29 is 10.2 Å². The topological polar surface area (TPSA) is 103 Å². The first-order valence-corrected chi connectivity index (χ1v) is 6.43.